The van der Waals surface area contributed by atoms with Crippen LogP contribution in [0.2, 0.25) is 0 Å². The maximum atomic E-state index is 2.37. The van der Waals surface area contributed by atoms with E-state index in [1.165, 1.54) is 88.0 Å². The molecule has 11 rings (SSSR count). The van der Waals surface area contributed by atoms with Crippen LogP contribution in [0.15, 0.2) is 249 Å². The van der Waals surface area contributed by atoms with E-state index < -0.39 is 0 Å². The molecule has 286 valence electrons. The summed E-state index contributed by atoms with van der Waals surface area (Å²) in [6.45, 7) is 0. The first kappa shape index (κ1) is 36.1. The van der Waals surface area contributed by atoms with Gasteiger partial charge in [-0.25, -0.2) is 0 Å². The van der Waals surface area contributed by atoms with Gasteiger partial charge in [0.05, 0.1) is 0 Å². The molecule has 0 aliphatic carbocycles. The van der Waals surface area contributed by atoms with Crippen molar-refractivity contribution in [1.29, 1.82) is 0 Å². The Morgan fingerprint density at radius 3 is 1.05 bits per heavy atom. The molecule has 0 bridgehead atoms. The summed E-state index contributed by atoms with van der Waals surface area (Å²) in [4.78, 5) is 2.36. The molecule has 0 N–H and O–H groups in total. The molecule has 0 aliphatic heterocycles. The average Bonchev–Trinajstić information content (AvgIpc) is 3.34. The lowest BCUT2D eigenvalue weighted by Crippen LogP contribution is -2.09. The largest absolute Gasteiger partial charge is 0.311 e. The van der Waals surface area contributed by atoms with Crippen LogP contribution in [-0.2, 0) is 0 Å². The summed E-state index contributed by atoms with van der Waals surface area (Å²) in [6.07, 6.45) is 0. The fraction of sp³-hybridized carbons (Fsp3) is 0. The standard InChI is InChI=1S/C60H41N/c1-2-13-43(14-3-1)58-40-33-49(41-60(58)59-26-12-20-46-17-6-9-23-57(46)59)42-27-34-50(35-28-42)61(51-36-29-47(30-37-51)55-24-10-18-44-15-4-7-21-53(44)55)52-38-31-48(32-39-52)56-25-11-19-45-16-5-8-22-54(45)56/h1-41H. The number of fused-ring (bicyclic) bond motifs is 3. The van der Waals surface area contributed by atoms with Crippen LogP contribution in [0, 0.1) is 0 Å². The van der Waals surface area contributed by atoms with E-state index >= 15 is 0 Å². The van der Waals surface area contributed by atoms with Crippen molar-refractivity contribution in [2.75, 3.05) is 4.90 Å². The Labute approximate surface area is 357 Å². The lowest BCUT2D eigenvalue weighted by Gasteiger charge is -2.26. The molecular weight excluding hydrogens is 735 g/mol. The van der Waals surface area contributed by atoms with E-state index in [9.17, 15) is 0 Å². The second-order valence-electron chi connectivity index (χ2n) is 15.7. The molecule has 0 saturated carbocycles. The number of hydrogen-bond donors (Lipinski definition) is 0. The van der Waals surface area contributed by atoms with Gasteiger partial charge in [-0.3, -0.25) is 0 Å². The van der Waals surface area contributed by atoms with Crippen molar-refractivity contribution in [1.82, 2.24) is 0 Å². The Balaban J connectivity index is 0.999. The summed E-state index contributed by atoms with van der Waals surface area (Å²) in [7, 11) is 0. The lowest BCUT2D eigenvalue weighted by molar-refractivity contribution is 1.28. The van der Waals surface area contributed by atoms with E-state index in [-0.39, 0.29) is 0 Å². The van der Waals surface area contributed by atoms with Gasteiger partial charge in [-0.05, 0) is 130 Å². The molecule has 1 nitrogen and oxygen atoms in total. The minimum atomic E-state index is 1.09. The van der Waals surface area contributed by atoms with Crippen molar-refractivity contribution < 1.29 is 0 Å². The maximum absolute atomic E-state index is 2.37. The smallest absolute Gasteiger partial charge is 0.0462 e. The minimum Gasteiger partial charge on any atom is -0.311 e. The van der Waals surface area contributed by atoms with Crippen LogP contribution in [0.3, 0.4) is 0 Å². The van der Waals surface area contributed by atoms with Crippen molar-refractivity contribution in [2.24, 2.45) is 0 Å². The Hall–Kier alpha value is -8.00. The molecule has 61 heavy (non-hydrogen) atoms. The van der Waals surface area contributed by atoms with Gasteiger partial charge >= 0.3 is 0 Å². The molecule has 0 aliphatic rings. The van der Waals surface area contributed by atoms with E-state index in [2.05, 4.69) is 254 Å². The minimum absolute atomic E-state index is 1.09. The van der Waals surface area contributed by atoms with E-state index in [0.717, 1.165) is 17.1 Å². The van der Waals surface area contributed by atoms with Crippen molar-refractivity contribution in [3.05, 3.63) is 249 Å². The van der Waals surface area contributed by atoms with Crippen molar-refractivity contribution in [3.8, 4) is 55.6 Å². The number of nitrogens with zero attached hydrogens (tertiary/aromatic N) is 1. The van der Waals surface area contributed by atoms with E-state index in [1.807, 2.05) is 0 Å². The summed E-state index contributed by atoms with van der Waals surface area (Å²) in [6, 6.07) is 90.4. The lowest BCUT2D eigenvalue weighted by atomic mass is 9.89. The van der Waals surface area contributed by atoms with E-state index in [4.69, 9.17) is 0 Å². The maximum Gasteiger partial charge on any atom is 0.0462 e. The Morgan fingerprint density at radius 1 is 0.197 bits per heavy atom. The molecule has 0 saturated heterocycles. The van der Waals surface area contributed by atoms with Crippen LogP contribution in [0.4, 0.5) is 17.1 Å². The molecule has 0 aromatic heterocycles. The van der Waals surface area contributed by atoms with E-state index in [1.54, 1.807) is 0 Å². The van der Waals surface area contributed by atoms with Crippen LogP contribution >= 0.6 is 0 Å². The normalized spacial score (nSPS) is 11.3. The molecule has 1 heteroatoms. The van der Waals surface area contributed by atoms with Gasteiger partial charge in [0.25, 0.3) is 0 Å². The predicted octanol–water partition coefficient (Wildman–Crippen LogP) is 17.0. The third-order valence-electron chi connectivity index (χ3n) is 12.1. The van der Waals surface area contributed by atoms with Crippen LogP contribution in [0.5, 0.6) is 0 Å². The SMILES string of the molecule is c1ccc(-c2ccc(-c3ccc(N(c4ccc(-c5cccc6ccccc56)cc4)c4ccc(-c5cccc6ccccc56)cc4)cc3)cc2-c2cccc3ccccc23)cc1. The van der Waals surface area contributed by atoms with Crippen molar-refractivity contribution in [2.45, 2.75) is 0 Å². The highest BCUT2D eigenvalue weighted by Crippen LogP contribution is 2.42. The predicted molar refractivity (Wildman–Crippen MR) is 261 cm³/mol. The van der Waals surface area contributed by atoms with Gasteiger partial charge in [0.15, 0.2) is 0 Å². The third kappa shape index (κ3) is 6.83. The Kier molecular flexibility index (Phi) is 9.26. The summed E-state index contributed by atoms with van der Waals surface area (Å²) in [5.41, 5.74) is 15.4. The summed E-state index contributed by atoms with van der Waals surface area (Å²) in [5.74, 6) is 0. The highest BCUT2D eigenvalue weighted by molar-refractivity contribution is 6.02. The van der Waals surface area contributed by atoms with Gasteiger partial charge in [0.2, 0.25) is 0 Å². The quantitative estimate of drug-likeness (QED) is 0.149. The van der Waals surface area contributed by atoms with E-state index in [0.29, 0.717) is 0 Å². The van der Waals surface area contributed by atoms with Gasteiger partial charge in [0.1, 0.15) is 0 Å². The summed E-state index contributed by atoms with van der Waals surface area (Å²) < 4.78 is 0. The molecular formula is C60H41N. The first-order chi connectivity index (χ1) is 30.2. The van der Waals surface area contributed by atoms with Gasteiger partial charge < -0.3 is 4.90 Å². The average molecular weight is 776 g/mol. The van der Waals surface area contributed by atoms with Crippen LogP contribution in [-0.4, -0.2) is 0 Å². The molecule has 0 radical (unpaired) electrons. The van der Waals surface area contributed by atoms with Crippen LogP contribution in [0.25, 0.3) is 88.0 Å². The van der Waals surface area contributed by atoms with Gasteiger partial charge in [-0.2, -0.15) is 0 Å². The summed E-state index contributed by atoms with van der Waals surface area (Å²) >= 11 is 0. The number of anilines is 3. The molecule has 0 unspecified atom stereocenters. The fourth-order valence-electron chi connectivity index (χ4n) is 9.06. The third-order valence-corrected chi connectivity index (χ3v) is 12.1. The highest BCUT2D eigenvalue weighted by atomic mass is 15.1. The van der Waals surface area contributed by atoms with Crippen LogP contribution in [0.1, 0.15) is 0 Å². The zero-order valence-electron chi connectivity index (χ0n) is 33.6. The summed E-state index contributed by atoms with van der Waals surface area (Å²) in [5, 5.41) is 7.50. The zero-order valence-corrected chi connectivity index (χ0v) is 33.6. The fourth-order valence-corrected chi connectivity index (χ4v) is 9.06. The molecule has 11 aromatic rings. The molecule has 0 amide bonds. The second-order valence-corrected chi connectivity index (χ2v) is 15.7. The molecule has 0 fully saturated rings. The molecule has 0 spiro atoms. The van der Waals surface area contributed by atoms with Gasteiger partial charge in [-0.15, -0.1) is 0 Å². The van der Waals surface area contributed by atoms with Crippen LogP contribution < -0.4 is 4.90 Å². The Bertz CT molecular complexity index is 3190. The number of rotatable bonds is 8. The number of benzene rings is 11. The Morgan fingerprint density at radius 2 is 0.557 bits per heavy atom. The second kappa shape index (κ2) is 15.6. The molecule has 11 aromatic carbocycles. The first-order valence-electron chi connectivity index (χ1n) is 21.0. The van der Waals surface area contributed by atoms with Gasteiger partial charge in [0, 0.05) is 17.1 Å². The van der Waals surface area contributed by atoms with Crippen molar-refractivity contribution in [3.63, 3.8) is 0 Å². The van der Waals surface area contributed by atoms with Gasteiger partial charge in [-0.1, -0.05) is 206 Å². The monoisotopic (exact) mass is 775 g/mol. The number of hydrogen-bond acceptors (Lipinski definition) is 1. The zero-order chi connectivity index (χ0) is 40.5. The first-order valence-corrected chi connectivity index (χ1v) is 21.0. The molecule has 0 atom stereocenters. The highest BCUT2D eigenvalue weighted by Gasteiger charge is 2.17. The molecule has 0 heterocycles. The topological polar surface area (TPSA) is 3.24 Å². The van der Waals surface area contributed by atoms with Crippen molar-refractivity contribution >= 4 is 49.4 Å².